The third kappa shape index (κ3) is 4.22. The molecule has 2 heterocycles. The number of hydrogen-bond donors (Lipinski definition) is 1. The molecule has 1 amide bonds. The third-order valence-corrected chi connectivity index (χ3v) is 3.25. The summed E-state index contributed by atoms with van der Waals surface area (Å²) in [6, 6.07) is -0.338. The quantitative estimate of drug-likeness (QED) is 0.651. The van der Waals surface area contributed by atoms with Crippen molar-refractivity contribution in [3.05, 3.63) is 66.7 Å². The Hall–Kier alpha value is -3.09. The zero-order valence-electron chi connectivity index (χ0n) is 13.9. The number of amides is 1. The van der Waals surface area contributed by atoms with E-state index in [1.807, 2.05) is 39.0 Å². The summed E-state index contributed by atoms with van der Waals surface area (Å²) in [7, 11) is 0. The van der Waals surface area contributed by atoms with Gasteiger partial charge >= 0.3 is 0 Å². The van der Waals surface area contributed by atoms with Gasteiger partial charge in [-0.25, -0.2) is 14.6 Å². The SMILES string of the molecule is C\C=C/C=C\C(=C/C)C(=O)NC(C)c1nccnc1-n1cncn1. The average molecular weight is 324 g/mol. The molecule has 2 rings (SSSR count). The van der Waals surface area contributed by atoms with Gasteiger partial charge in [-0.2, -0.15) is 5.10 Å². The van der Waals surface area contributed by atoms with Crippen LogP contribution in [0.15, 0.2) is 61.0 Å². The molecule has 0 aliphatic heterocycles. The van der Waals surface area contributed by atoms with E-state index >= 15 is 0 Å². The van der Waals surface area contributed by atoms with Crippen LogP contribution in [0.5, 0.6) is 0 Å². The lowest BCUT2D eigenvalue weighted by atomic mass is 10.1. The first-order valence-corrected chi connectivity index (χ1v) is 7.59. The summed E-state index contributed by atoms with van der Waals surface area (Å²) in [5, 5.41) is 7.00. The molecule has 24 heavy (non-hydrogen) atoms. The molecule has 0 aliphatic carbocycles. The number of carbonyl (C=O) groups excluding carboxylic acids is 1. The van der Waals surface area contributed by atoms with Crippen LogP contribution in [0.4, 0.5) is 0 Å². The van der Waals surface area contributed by atoms with Gasteiger partial charge in [-0.05, 0) is 26.8 Å². The molecule has 0 bridgehead atoms. The fourth-order valence-corrected chi connectivity index (χ4v) is 2.06. The van der Waals surface area contributed by atoms with Crippen LogP contribution in [0.3, 0.4) is 0 Å². The molecule has 0 aromatic carbocycles. The minimum atomic E-state index is -0.338. The Morgan fingerprint density at radius 3 is 2.71 bits per heavy atom. The van der Waals surface area contributed by atoms with E-state index in [-0.39, 0.29) is 11.9 Å². The molecule has 1 atom stereocenters. The van der Waals surface area contributed by atoms with E-state index in [4.69, 9.17) is 0 Å². The molecular weight excluding hydrogens is 304 g/mol. The Morgan fingerprint density at radius 2 is 2.04 bits per heavy atom. The highest BCUT2D eigenvalue weighted by molar-refractivity contribution is 5.96. The summed E-state index contributed by atoms with van der Waals surface area (Å²) in [5.74, 6) is 0.357. The van der Waals surface area contributed by atoms with Crippen molar-refractivity contribution < 1.29 is 4.79 Å². The van der Waals surface area contributed by atoms with Gasteiger partial charge in [-0.1, -0.05) is 24.3 Å². The van der Waals surface area contributed by atoms with E-state index < -0.39 is 0 Å². The lowest BCUT2D eigenvalue weighted by molar-refractivity contribution is -0.117. The van der Waals surface area contributed by atoms with Crippen LogP contribution in [0, 0.1) is 0 Å². The molecule has 0 fully saturated rings. The fraction of sp³-hybridized carbons (Fsp3) is 0.235. The molecule has 124 valence electrons. The zero-order valence-corrected chi connectivity index (χ0v) is 13.9. The summed E-state index contributed by atoms with van der Waals surface area (Å²) in [6.45, 7) is 5.59. The predicted molar refractivity (Wildman–Crippen MR) is 91.2 cm³/mol. The Balaban J connectivity index is 2.18. The molecule has 1 unspecified atom stereocenters. The van der Waals surface area contributed by atoms with Crippen molar-refractivity contribution in [3.63, 3.8) is 0 Å². The Labute approximate surface area is 140 Å². The normalized spacial score (nSPS) is 13.5. The molecule has 2 aromatic heterocycles. The van der Waals surface area contributed by atoms with E-state index in [9.17, 15) is 4.79 Å². The predicted octanol–water partition coefficient (Wildman–Crippen LogP) is 2.31. The second-order valence-corrected chi connectivity index (χ2v) is 4.93. The van der Waals surface area contributed by atoms with Gasteiger partial charge in [0.1, 0.15) is 18.3 Å². The van der Waals surface area contributed by atoms with E-state index in [1.165, 1.54) is 11.0 Å². The van der Waals surface area contributed by atoms with Crippen molar-refractivity contribution in [2.75, 3.05) is 0 Å². The van der Waals surface area contributed by atoms with Crippen molar-refractivity contribution in [2.24, 2.45) is 0 Å². The average Bonchev–Trinajstić information content (AvgIpc) is 3.13. The van der Waals surface area contributed by atoms with Crippen molar-refractivity contribution >= 4 is 5.91 Å². The standard InChI is InChI=1S/C17H20N6O/c1-4-6-7-8-14(5-2)17(24)22-13(3)15-16(20-10-9-19-15)23-12-18-11-21-23/h4-13H,1-3H3,(H,22,24)/b6-4-,8-7-,14-5+. The first-order chi connectivity index (χ1) is 11.7. The van der Waals surface area contributed by atoms with Gasteiger partial charge in [0, 0.05) is 18.0 Å². The summed E-state index contributed by atoms with van der Waals surface area (Å²) < 4.78 is 1.52. The zero-order chi connectivity index (χ0) is 17.4. The molecule has 7 nitrogen and oxygen atoms in total. The molecule has 0 aliphatic rings. The second-order valence-electron chi connectivity index (χ2n) is 4.93. The summed E-state index contributed by atoms with van der Waals surface area (Å²) in [5.41, 5.74) is 1.19. The molecule has 2 aromatic rings. The van der Waals surface area contributed by atoms with Crippen molar-refractivity contribution in [1.29, 1.82) is 0 Å². The maximum Gasteiger partial charge on any atom is 0.251 e. The Morgan fingerprint density at radius 1 is 1.25 bits per heavy atom. The largest absolute Gasteiger partial charge is 0.344 e. The van der Waals surface area contributed by atoms with Crippen LogP contribution in [-0.4, -0.2) is 30.6 Å². The Bertz CT molecular complexity index is 761. The molecule has 0 saturated heterocycles. The number of nitrogens with zero attached hydrogens (tertiary/aromatic N) is 5. The number of allylic oxidation sites excluding steroid dienone is 4. The molecule has 0 radical (unpaired) electrons. The van der Waals surface area contributed by atoms with Crippen LogP contribution >= 0.6 is 0 Å². The van der Waals surface area contributed by atoms with Gasteiger partial charge in [-0.3, -0.25) is 9.78 Å². The highest BCUT2D eigenvalue weighted by Gasteiger charge is 2.18. The minimum Gasteiger partial charge on any atom is -0.344 e. The fourth-order valence-electron chi connectivity index (χ4n) is 2.06. The number of carbonyl (C=O) groups is 1. The van der Waals surface area contributed by atoms with Gasteiger partial charge in [0.2, 0.25) is 0 Å². The lowest BCUT2D eigenvalue weighted by Crippen LogP contribution is -2.29. The van der Waals surface area contributed by atoms with E-state index in [0.717, 1.165) is 0 Å². The van der Waals surface area contributed by atoms with Gasteiger partial charge in [0.25, 0.3) is 5.91 Å². The number of hydrogen-bond acceptors (Lipinski definition) is 5. The lowest BCUT2D eigenvalue weighted by Gasteiger charge is -2.16. The topological polar surface area (TPSA) is 85.6 Å². The van der Waals surface area contributed by atoms with Crippen LogP contribution in [-0.2, 0) is 4.79 Å². The van der Waals surface area contributed by atoms with Crippen molar-refractivity contribution in [1.82, 2.24) is 30.0 Å². The maximum absolute atomic E-state index is 12.4. The molecule has 1 N–H and O–H groups in total. The molecule has 0 spiro atoms. The Kier molecular flexibility index (Phi) is 6.13. The van der Waals surface area contributed by atoms with Gasteiger partial charge in [0.15, 0.2) is 5.82 Å². The monoisotopic (exact) mass is 324 g/mol. The summed E-state index contributed by atoms with van der Waals surface area (Å²) in [4.78, 5) is 24.9. The van der Waals surface area contributed by atoms with Gasteiger partial charge in [-0.15, -0.1) is 0 Å². The maximum atomic E-state index is 12.4. The number of aromatic nitrogens is 5. The summed E-state index contributed by atoms with van der Waals surface area (Å²) in [6.07, 6.45) is 15.2. The highest BCUT2D eigenvalue weighted by atomic mass is 16.1. The van der Waals surface area contributed by atoms with Gasteiger partial charge in [0.05, 0.1) is 6.04 Å². The van der Waals surface area contributed by atoms with Crippen LogP contribution in [0.2, 0.25) is 0 Å². The first kappa shape index (κ1) is 17.3. The number of rotatable bonds is 6. The summed E-state index contributed by atoms with van der Waals surface area (Å²) >= 11 is 0. The smallest absolute Gasteiger partial charge is 0.251 e. The van der Waals surface area contributed by atoms with E-state index in [1.54, 1.807) is 30.9 Å². The first-order valence-electron chi connectivity index (χ1n) is 7.59. The number of nitrogens with one attached hydrogen (secondary N) is 1. The van der Waals surface area contributed by atoms with Gasteiger partial charge < -0.3 is 5.32 Å². The molecule has 7 heteroatoms. The van der Waals surface area contributed by atoms with E-state index in [0.29, 0.717) is 17.1 Å². The van der Waals surface area contributed by atoms with E-state index in [2.05, 4.69) is 25.4 Å². The second kappa shape index (κ2) is 8.52. The minimum absolute atomic E-state index is 0.180. The molecule has 0 saturated carbocycles. The third-order valence-electron chi connectivity index (χ3n) is 3.25. The van der Waals surface area contributed by atoms with Crippen molar-refractivity contribution in [2.45, 2.75) is 26.8 Å². The van der Waals surface area contributed by atoms with Crippen LogP contribution in [0.25, 0.3) is 5.82 Å². The molecular formula is C17H20N6O. The van der Waals surface area contributed by atoms with Crippen LogP contribution < -0.4 is 5.32 Å². The van der Waals surface area contributed by atoms with Crippen molar-refractivity contribution in [3.8, 4) is 5.82 Å². The van der Waals surface area contributed by atoms with Crippen LogP contribution in [0.1, 0.15) is 32.5 Å². The highest BCUT2D eigenvalue weighted by Crippen LogP contribution is 2.16.